The summed E-state index contributed by atoms with van der Waals surface area (Å²) in [5, 5.41) is 2.86. The number of benzene rings is 2. The van der Waals surface area contributed by atoms with Crippen LogP contribution in [0.5, 0.6) is 17.2 Å². The van der Waals surface area contributed by atoms with Crippen molar-refractivity contribution in [3.8, 4) is 17.2 Å². The first-order valence-electron chi connectivity index (χ1n) is 9.51. The normalized spacial score (nSPS) is 16.4. The number of hydrogen-bond donors (Lipinski definition) is 1. The number of fused-ring (bicyclic) bond motifs is 1. The first kappa shape index (κ1) is 20.3. The minimum atomic E-state index is -3.23. The quantitative estimate of drug-likeness (QED) is 0.776. The topological polar surface area (TPSA) is 97.4 Å². The number of amides is 2. The van der Waals surface area contributed by atoms with Gasteiger partial charge in [-0.2, -0.15) is 4.31 Å². The van der Waals surface area contributed by atoms with E-state index in [1.165, 1.54) is 10.6 Å². The van der Waals surface area contributed by atoms with Crippen molar-refractivity contribution in [2.45, 2.75) is 6.61 Å². The van der Waals surface area contributed by atoms with Crippen LogP contribution in [0, 0.1) is 0 Å². The van der Waals surface area contributed by atoms with Crippen LogP contribution in [0.4, 0.5) is 10.5 Å². The standard InChI is InChI=1S/C20H23N3O6S/c1-30(25,26)23-9-7-22(8-10-23)20(24)21-16-4-2-3-15(11-16)13-27-17-5-6-18-19(12-17)29-14-28-18/h2-6,11-12H,7-10,13-14H2,1H3,(H,21,24). The van der Waals surface area contributed by atoms with Gasteiger partial charge in [0.05, 0.1) is 6.26 Å². The van der Waals surface area contributed by atoms with Crippen LogP contribution < -0.4 is 19.5 Å². The van der Waals surface area contributed by atoms with Crippen molar-refractivity contribution in [3.63, 3.8) is 0 Å². The van der Waals surface area contributed by atoms with E-state index in [4.69, 9.17) is 14.2 Å². The number of anilines is 1. The summed E-state index contributed by atoms with van der Waals surface area (Å²) in [5.74, 6) is 2.02. The second-order valence-electron chi connectivity index (χ2n) is 7.08. The molecule has 9 nitrogen and oxygen atoms in total. The maximum absolute atomic E-state index is 12.5. The molecule has 0 spiro atoms. The van der Waals surface area contributed by atoms with Crippen LogP contribution in [0.2, 0.25) is 0 Å². The molecule has 2 aromatic rings. The molecule has 30 heavy (non-hydrogen) atoms. The van der Waals surface area contributed by atoms with Gasteiger partial charge in [0, 0.05) is 37.9 Å². The molecule has 0 atom stereocenters. The second kappa shape index (κ2) is 8.41. The zero-order valence-corrected chi connectivity index (χ0v) is 17.4. The van der Waals surface area contributed by atoms with Gasteiger partial charge in [-0.1, -0.05) is 12.1 Å². The molecular formula is C20H23N3O6S. The Balaban J connectivity index is 1.32. The monoisotopic (exact) mass is 433 g/mol. The van der Waals surface area contributed by atoms with Gasteiger partial charge < -0.3 is 24.4 Å². The van der Waals surface area contributed by atoms with E-state index in [2.05, 4.69) is 5.32 Å². The van der Waals surface area contributed by atoms with Gasteiger partial charge in [0.25, 0.3) is 0 Å². The number of nitrogens with zero attached hydrogens (tertiary/aromatic N) is 2. The molecule has 2 aliphatic heterocycles. The first-order valence-corrected chi connectivity index (χ1v) is 11.4. The lowest BCUT2D eigenvalue weighted by molar-refractivity contribution is 0.173. The van der Waals surface area contributed by atoms with Crippen LogP contribution in [0.3, 0.4) is 0 Å². The Morgan fingerprint density at radius 2 is 1.83 bits per heavy atom. The van der Waals surface area contributed by atoms with Crippen molar-refractivity contribution in [3.05, 3.63) is 48.0 Å². The largest absolute Gasteiger partial charge is 0.489 e. The molecule has 1 N–H and O–H groups in total. The van der Waals surface area contributed by atoms with E-state index in [-0.39, 0.29) is 12.8 Å². The number of ether oxygens (including phenoxy) is 3. The van der Waals surface area contributed by atoms with Crippen molar-refractivity contribution in [2.75, 3.05) is 44.5 Å². The summed E-state index contributed by atoms with van der Waals surface area (Å²) >= 11 is 0. The molecule has 1 saturated heterocycles. The predicted octanol–water partition coefficient (Wildman–Crippen LogP) is 2.10. The van der Waals surface area contributed by atoms with Crippen molar-refractivity contribution < 1.29 is 27.4 Å². The van der Waals surface area contributed by atoms with Gasteiger partial charge >= 0.3 is 6.03 Å². The minimum absolute atomic E-state index is 0.212. The number of hydrogen-bond acceptors (Lipinski definition) is 6. The zero-order chi connectivity index (χ0) is 21.1. The van der Waals surface area contributed by atoms with Gasteiger partial charge in [-0.25, -0.2) is 13.2 Å². The molecule has 0 aliphatic carbocycles. The summed E-state index contributed by atoms with van der Waals surface area (Å²) in [4.78, 5) is 14.1. The highest BCUT2D eigenvalue weighted by Crippen LogP contribution is 2.35. The first-order chi connectivity index (χ1) is 14.4. The number of piperazine rings is 1. The molecule has 0 saturated carbocycles. The fourth-order valence-electron chi connectivity index (χ4n) is 3.30. The smallest absolute Gasteiger partial charge is 0.321 e. The third kappa shape index (κ3) is 4.77. The lowest BCUT2D eigenvalue weighted by atomic mass is 10.2. The molecule has 2 aromatic carbocycles. The molecule has 0 aromatic heterocycles. The minimum Gasteiger partial charge on any atom is -0.489 e. The molecule has 0 bridgehead atoms. The maximum Gasteiger partial charge on any atom is 0.321 e. The number of carbonyl (C=O) groups is 1. The molecule has 10 heteroatoms. The van der Waals surface area contributed by atoms with Crippen molar-refractivity contribution in [1.82, 2.24) is 9.21 Å². The molecule has 4 rings (SSSR count). The average Bonchev–Trinajstić information content (AvgIpc) is 3.20. The molecule has 1 fully saturated rings. The summed E-state index contributed by atoms with van der Waals surface area (Å²) in [7, 11) is -3.23. The third-order valence-electron chi connectivity index (χ3n) is 4.92. The highest BCUT2D eigenvalue weighted by Gasteiger charge is 2.26. The average molecular weight is 433 g/mol. The fraction of sp³-hybridized carbons (Fsp3) is 0.350. The van der Waals surface area contributed by atoms with Crippen LogP contribution in [0.25, 0.3) is 0 Å². The Hall–Kier alpha value is -2.98. The highest BCUT2D eigenvalue weighted by molar-refractivity contribution is 7.88. The zero-order valence-electron chi connectivity index (χ0n) is 16.5. The molecule has 0 unspecified atom stereocenters. The summed E-state index contributed by atoms with van der Waals surface area (Å²) < 4.78 is 41.0. The lowest BCUT2D eigenvalue weighted by Gasteiger charge is -2.33. The Labute approximate surface area is 175 Å². The van der Waals surface area contributed by atoms with E-state index in [0.29, 0.717) is 55.7 Å². The maximum atomic E-state index is 12.5. The van der Waals surface area contributed by atoms with Gasteiger partial charge in [0.2, 0.25) is 16.8 Å². The fourth-order valence-corrected chi connectivity index (χ4v) is 4.12. The van der Waals surface area contributed by atoms with E-state index >= 15 is 0 Å². The van der Waals surface area contributed by atoms with Gasteiger partial charge in [0.15, 0.2) is 11.5 Å². The van der Waals surface area contributed by atoms with Crippen LogP contribution >= 0.6 is 0 Å². The number of carbonyl (C=O) groups excluding carboxylic acids is 1. The van der Waals surface area contributed by atoms with Crippen LogP contribution in [-0.4, -0.2) is 62.9 Å². The number of rotatable bonds is 5. The molecule has 2 heterocycles. The SMILES string of the molecule is CS(=O)(=O)N1CCN(C(=O)Nc2cccc(COc3ccc4c(c3)OCO4)c2)CC1. The molecule has 0 radical (unpaired) electrons. The number of urea groups is 1. The molecular weight excluding hydrogens is 410 g/mol. The predicted molar refractivity (Wildman–Crippen MR) is 110 cm³/mol. The van der Waals surface area contributed by atoms with E-state index in [1.807, 2.05) is 24.3 Å². The Morgan fingerprint density at radius 1 is 1.07 bits per heavy atom. The molecule has 2 aliphatic rings. The van der Waals surface area contributed by atoms with Crippen LogP contribution in [-0.2, 0) is 16.6 Å². The van der Waals surface area contributed by atoms with Crippen LogP contribution in [0.15, 0.2) is 42.5 Å². The van der Waals surface area contributed by atoms with Crippen molar-refractivity contribution >= 4 is 21.7 Å². The van der Waals surface area contributed by atoms with Gasteiger partial charge in [-0.05, 0) is 29.8 Å². The molecule has 160 valence electrons. The summed E-state index contributed by atoms with van der Waals surface area (Å²) in [5.41, 5.74) is 1.55. The summed E-state index contributed by atoms with van der Waals surface area (Å²) in [6.45, 7) is 1.85. The number of sulfonamides is 1. The Kier molecular flexibility index (Phi) is 5.69. The Morgan fingerprint density at radius 3 is 2.60 bits per heavy atom. The van der Waals surface area contributed by atoms with E-state index in [9.17, 15) is 13.2 Å². The van der Waals surface area contributed by atoms with E-state index < -0.39 is 10.0 Å². The number of nitrogens with one attached hydrogen (secondary N) is 1. The van der Waals surface area contributed by atoms with Crippen LogP contribution in [0.1, 0.15) is 5.56 Å². The van der Waals surface area contributed by atoms with Crippen molar-refractivity contribution in [2.24, 2.45) is 0 Å². The molecule has 2 amide bonds. The van der Waals surface area contributed by atoms with Gasteiger partial charge in [0.1, 0.15) is 12.4 Å². The third-order valence-corrected chi connectivity index (χ3v) is 6.23. The van der Waals surface area contributed by atoms with Gasteiger partial charge in [-0.15, -0.1) is 0 Å². The second-order valence-corrected chi connectivity index (χ2v) is 9.07. The Bertz CT molecular complexity index is 1030. The van der Waals surface area contributed by atoms with E-state index in [1.54, 1.807) is 23.1 Å². The highest BCUT2D eigenvalue weighted by atomic mass is 32.2. The van der Waals surface area contributed by atoms with Gasteiger partial charge in [-0.3, -0.25) is 0 Å². The van der Waals surface area contributed by atoms with Crippen molar-refractivity contribution in [1.29, 1.82) is 0 Å². The van der Waals surface area contributed by atoms with E-state index in [0.717, 1.165) is 5.56 Å². The summed E-state index contributed by atoms with van der Waals surface area (Å²) in [6, 6.07) is 12.5. The lowest BCUT2D eigenvalue weighted by Crippen LogP contribution is -2.51. The summed E-state index contributed by atoms with van der Waals surface area (Å²) in [6.07, 6.45) is 1.18.